The molecule has 0 aliphatic carbocycles. The van der Waals surface area contributed by atoms with E-state index in [-0.39, 0.29) is 5.75 Å². The first-order valence-corrected chi connectivity index (χ1v) is 7.69. The fraction of sp³-hybridized carbons (Fsp3) is 0.600. The van der Waals surface area contributed by atoms with E-state index in [0.717, 1.165) is 31.6 Å². The van der Waals surface area contributed by atoms with E-state index >= 15 is 0 Å². The summed E-state index contributed by atoms with van der Waals surface area (Å²) in [5, 5.41) is 3.97. The SMILES string of the molecule is FC(F)Oc1ccc(Cl)cc1CN1CCCC2CNCC21. The Kier molecular flexibility index (Phi) is 4.62. The smallest absolute Gasteiger partial charge is 0.387 e. The molecule has 0 amide bonds. The molecule has 1 aromatic rings. The second-order valence-electron chi connectivity index (χ2n) is 5.73. The van der Waals surface area contributed by atoms with Crippen LogP contribution >= 0.6 is 11.6 Å². The fourth-order valence-corrected chi connectivity index (χ4v) is 3.66. The van der Waals surface area contributed by atoms with Crippen LogP contribution in [0.1, 0.15) is 18.4 Å². The number of halogens is 3. The van der Waals surface area contributed by atoms with E-state index in [1.165, 1.54) is 12.5 Å². The Morgan fingerprint density at radius 2 is 2.24 bits per heavy atom. The second-order valence-corrected chi connectivity index (χ2v) is 6.17. The number of fused-ring (bicyclic) bond motifs is 1. The minimum absolute atomic E-state index is 0.225. The summed E-state index contributed by atoms with van der Waals surface area (Å²) in [6.45, 7) is 0.801. The van der Waals surface area contributed by atoms with Gasteiger partial charge in [0.25, 0.3) is 0 Å². The summed E-state index contributed by atoms with van der Waals surface area (Å²) in [6.07, 6.45) is 2.39. The maximum atomic E-state index is 12.5. The van der Waals surface area contributed by atoms with Crippen molar-refractivity contribution in [3.63, 3.8) is 0 Å². The fourth-order valence-electron chi connectivity index (χ4n) is 3.46. The van der Waals surface area contributed by atoms with Gasteiger partial charge in [0.1, 0.15) is 5.75 Å². The molecule has 3 rings (SSSR count). The third kappa shape index (κ3) is 3.47. The zero-order valence-electron chi connectivity index (χ0n) is 11.7. The molecular formula is C15H19ClF2N2O. The van der Waals surface area contributed by atoms with E-state index < -0.39 is 6.61 Å². The number of piperidine rings is 1. The number of hydrogen-bond donors (Lipinski definition) is 1. The summed E-state index contributed by atoms with van der Waals surface area (Å²) < 4.78 is 29.7. The highest BCUT2D eigenvalue weighted by Gasteiger charge is 2.35. The van der Waals surface area contributed by atoms with Gasteiger partial charge in [-0.15, -0.1) is 0 Å². The molecular weight excluding hydrogens is 298 g/mol. The van der Waals surface area contributed by atoms with Crippen molar-refractivity contribution in [1.29, 1.82) is 0 Å². The molecule has 2 aliphatic heterocycles. The molecule has 2 aliphatic rings. The molecule has 0 saturated carbocycles. The van der Waals surface area contributed by atoms with E-state index in [0.29, 0.717) is 23.5 Å². The van der Waals surface area contributed by atoms with Crippen LogP contribution in [0.15, 0.2) is 18.2 Å². The van der Waals surface area contributed by atoms with Gasteiger partial charge in [-0.1, -0.05) is 11.6 Å². The van der Waals surface area contributed by atoms with Crippen molar-refractivity contribution in [2.75, 3.05) is 19.6 Å². The molecule has 3 nitrogen and oxygen atoms in total. The minimum Gasteiger partial charge on any atom is -0.434 e. The van der Waals surface area contributed by atoms with Crippen molar-refractivity contribution >= 4 is 11.6 Å². The zero-order valence-corrected chi connectivity index (χ0v) is 12.5. The molecule has 1 N–H and O–H groups in total. The van der Waals surface area contributed by atoms with Crippen LogP contribution in [0.5, 0.6) is 5.75 Å². The molecule has 2 saturated heterocycles. The Labute approximate surface area is 128 Å². The van der Waals surface area contributed by atoms with E-state index in [9.17, 15) is 8.78 Å². The average molecular weight is 317 g/mol. The number of nitrogens with zero attached hydrogens (tertiary/aromatic N) is 1. The lowest BCUT2D eigenvalue weighted by Gasteiger charge is -2.37. The Morgan fingerprint density at radius 3 is 3.05 bits per heavy atom. The van der Waals surface area contributed by atoms with E-state index in [4.69, 9.17) is 11.6 Å². The Hall–Kier alpha value is -0.910. The first kappa shape index (κ1) is 15.0. The van der Waals surface area contributed by atoms with Crippen LogP contribution in [-0.2, 0) is 6.54 Å². The highest BCUT2D eigenvalue weighted by Crippen LogP contribution is 2.31. The zero-order chi connectivity index (χ0) is 14.8. The van der Waals surface area contributed by atoms with Crippen LogP contribution < -0.4 is 10.1 Å². The van der Waals surface area contributed by atoms with Gasteiger partial charge in [-0.2, -0.15) is 8.78 Å². The first-order chi connectivity index (χ1) is 10.1. The Bertz CT molecular complexity index is 501. The lowest BCUT2D eigenvalue weighted by Crippen LogP contribution is -2.44. The van der Waals surface area contributed by atoms with Crippen molar-refractivity contribution in [1.82, 2.24) is 10.2 Å². The molecule has 116 valence electrons. The van der Waals surface area contributed by atoms with Crippen LogP contribution in [0, 0.1) is 5.92 Å². The standard InChI is InChI=1S/C15H19ClF2N2O/c16-12-3-4-14(21-15(17)18)11(6-12)9-20-5-1-2-10-7-19-8-13(10)20/h3-4,6,10,13,15,19H,1-2,5,7-9H2. The highest BCUT2D eigenvalue weighted by molar-refractivity contribution is 6.30. The Morgan fingerprint density at radius 1 is 1.38 bits per heavy atom. The van der Waals surface area contributed by atoms with E-state index in [1.54, 1.807) is 12.1 Å². The normalized spacial score (nSPS) is 26.1. The maximum Gasteiger partial charge on any atom is 0.387 e. The lowest BCUT2D eigenvalue weighted by atomic mass is 9.91. The maximum absolute atomic E-state index is 12.5. The highest BCUT2D eigenvalue weighted by atomic mass is 35.5. The minimum atomic E-state index is -2.81. The monoisotopic (exact) mass is 316 g/mol. The molecule has 2 unspecified atom stereocenters. The summed E-state index contributed by atoms with van der Waals surface area (Å²) >= 11 is 6.01. The molecule has 2 fully saturated rings. The molecule has 1 aromatic carbocycles. The van der Waals surface area contributed by atoms with Gasteiger partial charge >= 0.3 is 6.61 Å². The second kappa shape index (κ2) is 6.46. The molecule has 0 radical (unpaired) electrons. The van der Waals surface area contributed by atoms with Crippen LogP contribution in [-0.4, -0.2) is 37.2 Å². The molecule has 0 bridgehead atoms. The predicted molar refractivity (Wildman–Crippen MR) is 77.9 cm³/mol. The average Bonchev–Trinajstić information content (AvgIpc) is 2.91. The van der Waals surface area contributed by atoms with Crippen molar-refractivity contribution in [3.8, 4) is 5.75 Å². The summed E-state index contributed by atoms with van der Waals surface area (Å²) in [6, 6.07) is 5.32. The summed E-state index contributed by atoms with van der Waals surface area (Å²) in [5.74, 6) is 0.889. The van der Waals surface area contributed by atoms with Gasteiger partial charge in [0.05, 0.1) is 0 Å². The lowest BCUT2D eigenvalue weighted by molar-refractivity contribution is -0.0510. The van der Waals surface area contributed by atoms with Gasteiger partial charge in [0, 0.05) is 29.7 Å². The van der Waals surface area contributed by atoms with Crippen LogP contribution in [0.2, 0.25) is 5.02 Å². The van der Waals surface area contributed by atoms with E-state index in [1.807, 2.05) is 0 Å². The number of rotatable bonds is 4. The number of alkyl halides is 2. The number of hydrogen-bond acceptors (Lipinski definition) is 3. The molecule has 21 heavy (non-hydrogen) atoms. The Balaban J connectivity index is 1.78. The van der Waals surface area contributed by atoms with Crippen LogP contribution in [0.4, 0.5) is 8.78 Å². The van der Waals surface area contributed by atoms with Crippen molar-refractivity contribution in [3.05, 3.63) is 28.8 Å². The quantitative estimate of drug-likeness (QED) is 0.923. The van der Waals surface area contributed by atoms with Crippen LogP contribution in [0.25, 0.3) is 0 Å². The number of benzene rings is 1. The summed E-state index contributed by atoms with van der Waals surface area (Å²) in [7, 11) is 0. The number of ether oxygens (including phenoxy) is 1. The summed E-state index contributed by atoms with van der Waals surface area (Å²) in [5.41, 5.74) is 0.732. The topological polar surface area (TPSA) is 24.5 Å². The first-order valence-electron chi connectivity index (χ1n) is 7.31. The van der Waals surface area contributed by atoms with Crippen LogP contribution in [0.3, 0.4) is 0 Å². The summed E-state index contributed by atoms with van der Waals surface area (Å²) in [4.78, 5) is 2.36. The van der Waals surface area contributed by atoms with Crippen molar-refractivity contribution in [2.24, 2.45) is 5.92 Å². The van der Waals surface area contributed by atoms with Crippen molar-refractivity contribution < 1.29 is 13.5 Å². The molecule has 0 spiro atoms. The molecule has 6 heteroatoms. The largest absolute Gasteiger partial charge is 0.434 e. The van der Waals surface area contributed by atoms with Crippen molar-refractivity contribution in [2.45, 2.75) is 32.0 Å². The van der Waals surface area contributed by atoms with Gasteiger partial charge < -0.3 is 10.1 Å². The predicted octanol–water partition coefficient (Wildman–Crippen LogP) is 3.13. The van der Waals surface area contributed by atoms with Gasteiger partial charge in [-0.3, -0.25) is 4.90 Å². The molecule has 2 atom stereocenters. The van der Waals surface area contributed by atoms with Gasteiger partial charge in [-0.05, 0) is 50.0 Å². The van der Waals surface area contributed by atoms with Gasteiger partial charge in [-0.25, -0.2) is 0 Å². The molecule has 0 aromatic heterocycles. The third-order valence-corrected chi connectivity index (χ3v) is 4.64. The molecule has 2 heterocycles. The third-order valence-electron chi connectivity index (χ3n) is 4.41. The van der Waals surface area contributed by atoms with Gasteiger partial charge in [0.15, 0.2) is 0 Å². The number of likely N-dealkylation sites (tertiary alicyclic amines) is 1. The van der Waals surface area contributed by atoms with Gasteiger partial charge in [0.2, 0.25) is 0 Å². The number of nitrogens with one attached hydrogen (secondary N) is 1. The van der Waals surface area contributed by atoms with E-state index in [2.05, 4.69) is 15.0 Å².